The largest absolute Gasteiger partial charge is 0.573 e. The van der Waals surface area contributed by atoms with Crippen LogP contribution >= 0.6 is 24.8 Å². The lowest BCUT2D eigenvalue weighted by Crippen LogP contribution is -2.45. The molecule has 1 N–H and O–H groups in total. The fourth-order valence-electron chi connectivity index (χ4n) is 3.78. The monoisotopic (exact) mass is 458 g/mol. The summed E-state index contributed by atoms with van der Waals surface area (Å²) in [6.45, 7) is 3.52. The molecule has 1 aliphatic rings. The van der Waals surface area contributed by atoms with Gasteiger partial charge in [-0.1, -0.05) is 48.5 Å². The van der Waals surface area contributed by atoms with Gasteiger partial charge in [0.25, 0.3) is 0 Å². The van der Waals surface area contributed by atoms with Crippen LogP contribution in [0.25, 0.3) is 10.8 Å². The quantitative estimate of drug-likeness (QED) is 0.552. The predicted molar refractivity (Wildman–Crippen MR) is 118 cm³/mol. The van der Waals surface area contributed by atoms with E-state index in [0.717, 1.165) is 42.7 Å². The summed E-state index contributed by atoms with van der Waals surface area (Å²) in [6.07, 6.45) is -4.68. The van der Waals surface area contributed by atoms with Gasteiger partial charge in [0, 0.05) is 26.2 Å². The molecular weight excluding hydrogens is 436 g/mol. The van der Waals surface area contributed by atoms with Gasteiger partial charge in [0.2, 0.25) is 0 Å². The normalized spacial score (nSPS) is 15.7. The van der Waals surface area contributed by atoms with E-state index in [9.17, 15) is 13.2 Å². The van der Waals surface area contributed by atoms with Crippen LogP contribution in [-0.2, 0) is 0 Å². The first kappa shape index (κ1) is 24.3. The molecule has 0 saturated carbocycles. The van der Waals surface area contributed by atoms with Crippen LogP contribution in [0.2, 0.25) is 0 Å². The van der Waals surface area contributed by atoms with E-state index in [-0.39, 0.29) is 36.6 Å². The first-order valence-electron chi connectivity index (χ1n) is 9.29. The highest BCUT2D eigenvalue weighted by Crippen LogP contribution is 2.33. The van der Waals surface area contributed by atoms with Gasteiger partial charge in [0.1, 0.15) is 5.75 Å². The number of halogens is 5. The average Bonchev–Trinajstić information content (AvgIpc) is 2.69. The number of benzene rings is 3. The Morgan fingerprint density at radius 2 is 1.40 bits per heavy atom. The van der Waals surface area contributed by atoms with Gasteiger partial charge in [0.05, 0.1) is 6.04 Å². The third kappa shape index (κ3) is 5.79. The minimum absolute atomic E-state index is 0. The number of piperazine rings is 1. The van der Waals surface area contributed by atoms with Gasteiger partial charge in [-0.2, -0.15) is 0 Å². The van der Waals surface area contributed by atoms with E-state index in [1.807, 2.05) is 12.1 Å². The van der Waals surface area contributed by atoms with E-state index < -0.39 is 6.36 Å². The Kier molecular flexibility index (Phi) is 8.38. The molecule has 1 atom stereocenters. The van der Waals surface area contributed by atoms with E-state index in [0.29, 0.717) is 0 Å². The van der Waals surface area contributed by atoms with Crippen molar-refractivity contribution in [2.75, 3.05) is 26.2 Å². The second-order valence-corrected chi connectivity index (χ2v) is 6.91. The lowest BCUT2D eigenvalue weighted by atomic mass is 9.94. The number of nitrogens with zero attached hydrogens (tertiary/aromatic N) is 1. The highest BCUT2D eigenvalue weighted by Gasteiger charge is 2.31. The number of hydrogen-bond donors (Lipinski definition) is 1. The summed E-state index contributed by atoms with van der Waals surface area (Å²) in [5.74, 6) is -0.200. The summed E-state index contributed by atoms with van der Waals surface area (Å²) in [4.78, 5) is 2.36. The molecule has 0 spiro atoms. The molecule has 1 heterocycles. The Morgan fingerprint density at radius 3 is 2.03 bits per heavy atom. The molecule has 3 nitrogen and oxygen atoms in total. The number of nitrogens with one attached hydrogen (secondary N) is 1. The fraction of sp³-hybridized carbons (Fsp3) is 0.273. The van der Waals surface area contributed by atoms with Crippen molar-refractivity contribution >= 4 is 35.6 Å². The number of hydrogen-bond acceptors (Lipinski definition) is 3. The van der Waals surface area contributed by atoms with Crippen LogP contribution in [0.15, 0.2) is 66.7 Å². The van der Waals surface area contributed by atoms with Crippen LogP contribution in [0.1, 0.15) is 17.2 Å². The molecule has 0 amide bonds. The Labute approximate surface area is 186 Å². The second-order valence-electron chi connectivity index (χ2n) is 6.91. The molecule has 4 rings (SSSR count). The summed E-state index contributed by atoms with van der Waals surface area (Å²) in [5, 5.41) is 5.67. The van der Waals surface area contributed by atoms with Gasteiger partial charge in [-0.3, -0.25) is 4.90 Å². The van der Waals surface area contributed by atoms with Crippen molar-refractivity contribution in [2.24, 2.45) is 0 Å². The zero-order chi connectivity index (χ0) is 19.6. The molecule has 30 heavy (non-hydrogen) atoms. The molecule has 3 aromatic carbocycles. The van der Waals surface area contributed by atoms with Crippen LogP contribution in [0.4, 0.5) is 13.2 Å². The smallest absolute Gasteiger partial charge is 0.406 e. The molecule has 1 fully saturated rings. The molecule has 1 aliphatic heterocycles. The Morgan fingerprint density at radius 1 is 0.800 bits per heavy atom. The lowest BCUT2D eigenvalue weighted by molar-refractivity contribution is -0.274. The van der Waals surface area contributed by atoms with Crippen LogP contribution < -0.4 is 10.1 Å². The van der Waals surface area contributed by atoms with Gasteiger partial charge in [-0.15, -0.1) is 38.0 Å². The minimum Gasteiger partial charge on any atom is -0.406 e. The Bertz CT molecular complexity index is 945. The minimum atomic E-state index is -4.68. The van der Waals surface area contributed by atoms with Crippen molar-refractivity contribution in [1.82, 2.24) is 10.2 Å². The third-order valence-electron chi connectivity index (χ3n) is 5.04. The first-order chi connectivity index (χ1) is 13.5. The molecule has 0 radical (unpaired) electrons. The predicted octanol–water partition coefficient (Wildman–Crippen LogP) is 5.58. The molecule has 1 saturated heterocycles. The molecule has 0 unspecified atom stereocenters. The Hall–Kier alpha value is -1.99. The Balaban J connectivity index is 0.00000160. The van der Waals surface area contributed by atoms with Gasteiger partial charge in [-0.05, 0) is 40.1 Å². The highest BCUT2D eigenvalue weighted by atomic mass is 35.5. The third-order valence-corrected chi connectivity index (χ3v) is 5.04. The van der Waals surface area contributed by atoms with Gasteiger partial charge in [0.15, 0.2) is 0 Å². The van der Waals surface area contributed by atoms with Crippen molar-refractivity contribution in [1.29, 1.82) is 0 Å². The summed E-state index contributed by atoms with van der Waals surface area (Å²) in [6, 6.07) is 20.7. The van der Waals surface area contributed by atoms with Crippen LogP contribution in [0.5, 0.6) is 5.75 Å². The maximum atomic E-state index is 12.5. The van der Waals surface area contributed by atoms with E-state index in [1.54, 1.807) is 12.1 Å². The molecule has 0 aromatic heterocycles. The van der Waals surface area contributed by atoms with Crippen LogP contribution in [0, 0.1) is 0 Å². The average molecular weight is 459 g/mol. The summed E-state index contributed by atoms with van der Waals surface area (Å²) in [7, 11) is 0. The SMILES string of the molecule is Cl.Cl.FC(F)(F)Oc1ccc([C@H](c2ccc3ccccc3c2)N2CCNCC2)cc1. The molecule has 8 heteroatoms. The maximum absolute atomic E-state index is 12.5. The molecular formula is C22H23Cl2F3N2O. The fourth-order valence-corrected chi connectivity index (χ4v) is 3.78. The van der Waals surface area contributed by atoms with Crippen molar-refractivity contribution in [3.63, 3.8) is 0 Å². The second kappa shape index (κ2) is 10.4. The number of alkyl halides is 3. The number of fused-ring (bicyclic) bond motifs is 1. The van der Waals surface area contributed by atoms with Crippen molar-refractivity contribution in [3.05, 3.63) is 77.9 Å². The standard InChI is InChI=1S/C22H21F3N2O.2ClH/c23-22(24,25)28-20-9-7-17(8-10-20)21(27-13-11-26-12-14-27)19-6-5-16-3-1-2-4-18(16)15-19;;/h1-10,15,21,26H,11-14H2;2*1H/t21-;;/m1../s1. The van der Waals surface area contributed by atoms with Gasteiger partial charge >= 0.3 is 6.36 Å². The van der Waals surface area contributed by atoms with Crippen LogP contribution in [0.3, 0.4) is 0 Å². The van der Waals surface area contributed by atoms with E-state index in [2.05, 4.69) is 45.3 Å². The van der Waals surface area contributed by atoms with Gasteiger partial charge < -0.3 is 10.1 Å². The summed E-state index contributed by atoms with van der Waals surface area (Å²) < 4.78 is 41.4. The number of ether oxygens (including phenoxy) is 1. The summed E-state index contributed by atoms with van der Waals surface area (Å²) >= 11 is 0. The molecule has 0 bridgehead atoms. The zero-order valence-corrected chi connectivity index (χ0v) is 17.7. The molecule has 0 aliphatic carbocycles. The lowest BCUT2D eigenvalue weighted by Gasteiger charge is -2.35. The van der Waals surface area contributed by atoms with E-state index in [1.165, 1.54) is 17.5 Å². The zero-order valence-electron chi connectivity index (χ0n) is 16.1. The van der Waals surface area contributed by atoms with Gasteiger partial charge in [-0.25, -0.2) is 0 Å². The first-order valence-corrected chi connectivity index (χ1v) is 9.29. The number of rotatable bonds is 4. The van der Waals surface area contributed by atoms with Crippen molar-refractivity contribution < 1.29 is 17.9 Å². The van der Waals surface area contributed by atoms with Crippen molar-refractivity contribution in [3.8, 4) is 5.75 Å². The van der Waals surface area contributed by atoms with E-state index >= 15 is 0 Å². The molecule has 162 valence electrons. The van der Waals surface area contributed by atoms with Crippen LogP contribution in [-0.4, -0.2) is 37.4 Å². The maximum Gasteiger partial charge on any atom is 0.573 e. The summed E-state index contributed by atoms with van der Waals surface area (Å²) in [5.41, 5.74) is 2.08. The van der Waals surface area contributed by atoms with E-state index in [4.69, 9.17) is 0 Å². The topological polar surface area (TPSA) is 24.5 Å². The highest BCUT2D eigenvalue weighted by molar-refractivity contribution is 5.85. The van der Waals surface area contributed by atoms with Crippen molar-refractivity contribution in [2.45, 2.75) is 12.4 Å². The molecule has 3 aromatic rings.